The molecule has 1 fully saturated rings. The highest BCUT2D eigenvalue weighted by atomic mass is 19.3. The third-order valence-corrected chi connectivity index (χ3v) is 4.94. The van der Waals surface area contributed by atoms with Crippen molar-refractivity contribution in [1.29, 1.82) is 0 Å². The SMILES string of the molecule is Cc1ccc2c(c1)C(F)(F)C(F)(F)C1CC(C)CCC21. The van der Waals surface area contributed by atoms with E-state index in [-0.39, 0.29) is 12.3 Å². The van der Waals surface area contributed by atoms with Crippen LogP contribution in [0.25, 0.3) is 0 Å². The van der Waals surface area contributed by atoms with Gasteiger partial charge in [0.05, 0.1) is 0 Å². The average Bonchev–Trinajstić information content (AvgIpc) is 2.37. The van der Waals surface area contributed by atoms with E-state index in [0.29, 0.717) is 17.5 Å². The van der Waals surface area contributed by atoms with Crippen LogP contribution in [0.3, 0.4) is 0 Å². The van der Waals surface area contributed by atoms with Crippen molar-refractivity contribution in [3.8, 4) is 0 Å². The molecule has 20 heavy (non-hydrogen) atoms. The van der Waals surface area contributed by atoms with E-state index in [1.165, 1.54) is 6.07 Å². The minimum absolute atomic E-state index is 0.0879. The predicted octanol–water partition coefficient (Wildman–Crippen LogP) is 5.26. The topological polar surface area (TPSA) is 0 Å². The van der Waals surface area contributed by atoms with Crippen molar-refractivity contribution in [1.82, 2.24) is 0 Å². The summed E-state index contributed by atoms with van der Waals surface area (Å²) in [5.74, 6) is -9.60. The summed E-state index contributed by atoms with van der Waals surface area (Å²) in [4.78, 5) is 0. The molecule has 3 unspecified atom stereocenters. The number of hydrogen-bond acceptors (Lipinski definition) is 0. The number of benzene rings is 1. The number of aryl methyl sites for hydroxylation is 1. The molecule has 3 rings (SSSR count). The molecule has 1 saturated carbocycles. The standard InChI is InChI=1S/C16H18F4/c1-9-3-5-11-12-6-4-10(2)8-14(12)16(19,20)15(17,18)13(11)7-9/h3,5,7,10,12,14H,4,6,8H2,1-2H3. The second kappa shape index (κ2) is 4.22. The quantitative estimate of drug-likeness (QED) is 0.571. The van der Waals surface area contributed by atoms with Crippen LogP contribution < -0.4 is 0 Å². The van der Waals surface area contributed by atoms with Crippen molar-refractivity contribution in [3.05, 3.63) is 34.9 Å². The molecule has 0 aromatic heterocycles. The van der Waals surface area contributed by atoms with E-state index in [1.807, 2.05) is 6.92 Å². The molecule has 110 valence electrons. The largest absolute Gasteiger partial charge is 0.335 e. The summed E-state index contributed by atoms with van der Waals surface area (Å²) in [5.41, 5.74) is 0.573. The molecular formula is C16H18F4. The molecule has 1 aromatic rings. The van der Waals surface area contributed by atoms with Crippen molar-refractivity contribution >= 4 is 0 Å². The lowest BCUT2D eigenvalue weighted by Crippen LogP contribution is -2.52. The molecule has 1 aromatic carbocycles. The van der Waals surface area contributed by atoms with Gasteiger partial charge in [-0.05, 0) is 43.2 Å². The minimum atomic E-state index is -4.06. The van der Waals surface area contributed by atoms with Gasteiger partial charge in [0.25, 0.3) is 0 Å². The van der Waals surface area contributed by atoms with Gasteiger partial charge in [0, 0.05) is 11.5 Å². The molecular weight excluding hydrogens is 268 g/mol. The Morgan fingerprint density at radius 2 is 1.80 bits per heavy atom. The molecule has 0 saturated heterocycles. The van der Waals surface area contributed by atoms with Crippen LogP contribution in [0, 0.1) is 18.8 Å². The Morgan fingerprint density at radius 1 is 1.10 bits per heavy atom. The van der Waals surface area contributed by atoms with Gasteiger partial charge in [-0.3, -0.25) is 0 Å². The lowest BCUT2D eigenvalue weighted by atomic mass is 9.62. The normalized spacial score (nSPS) is 34.2. The van der Waals surface area contributed by atoms with Gasteiger partial charge in [-0.15, -0.1) is 0 Å². The van der Waals surface area contributed by atoms with Gasteiger partial charge in [-0.25, -0.2) is 0 Å². The molecule has 0 amide bonds. The third-order valence-electron chi connectivity index (χ3n) is 4.94. The van der Waals surface area contributed by atoms with Crippen molar-refractivity contribution < 1.29 is 17.6 Å². The van der Waals surface area contributed by atoms with Crippen LogP contribution >= 0.6 is 0 Å². The van der Waals surface area contributed by atoms with Crippen molar-refractivity contribution in [2.45, 2.75) is 50.9 Å². The van der Waals surface area contributed by atoms with Gasteiger partial charge in [-0.2, -0.15) is 17.6 Å². The van der Waals surface area contributed by atoms with Gasteiger partial charge in [0.2, 0.25) is 0 Å². The molecule has 3 atom stereocenters. The number of rotatable bonds is 0. The monoisotopic (exact) mass is 286 g/mol. The summed E-state index contributed by atoms with van der Waals surface area (Å²) >= 11 is 0. The van der Waals surface area contributed by atoms with E-state index in [4.69, 9.17) is 0 Å². The summed E-state index contributed by atoms with van der Waals surface area (Å²) in [7, 11) is 0. The Labute approximate surface area is 116 Å². The molecule has 0 bridgehead atoms. The maximum atomic E-state index is 14.4. The zero-order chi connectivity index (χ0) is 14.7. The first kappa shape index (κ1) is 13.9. The average molecular weight is 286 g/mol. The number of alkyl halides is 4. The van der Waals surface area contributed by atoms with Gasteiger partial charge >= 0.3 is 11.8 Å². The summed E-state index contributed by atoms with van der Waals surface area (Å²) < 4.78 is 57.3. The number of fused-ring (bicyclic) bond motifs is 3. The van der Waals surface area contributed by atoms with Gasteiger partial charge < -0.3 is 0 Å². The first-order valence-electron chi connectivity index (χ1n) is 7.11. The van der Waals surface area contributed by atoms with Crippen LogP contribution in [0.1, 0.15) is 48.8 Å². The van der Waals surface area contributed by atoms with Crippen LogP contribution in [0.4, 0.5) is 17.6 Å². The fourth-order valence-electron chi connectivity index (χ4n) is 3.83. The Hall–Kier alpha value is -1.06. The minimum Gasteiger partial charge on any atom is -0.199 e. The van der Waals surface area contributed by atoms with Gasteiger partial charge in [0.1, 0.15) is 0 Å². The Kier molecular flexibility index (Phi) is 2.93. The fraction of sp³-hybridized carbons (Fsp3) is 0.625. The first-order chi connectivity index (χ1) is 9.25. The lowest BCUT2D eigenvalue weighted by molar-refractivity contribution is -0.261. The molecule has 0 heterocycles. The highest BCUT2D eigenvalue weighted by Crippen LogP contribution is 2.61. The van der Waals surface area contributed by atoms with E-state index >= 15 is 0 Å². The molecule has 2 aliphatic rings. The van der Waals surface area contributed by atoms with Crippen molar-refractivity contribution in [2.24, 2.45) is 11.8 Å². The van der Waals surface area contributed by atoms with Gasteiger partial charge in [-0.1, -0.05) is 31.0 Å². The zero-order valence-electron chi connectivity index (χ0n) is 11.6. The van der Waals surface area contributed by atoms with E-state index in [9.17, 15) is 17.6 Å². The summed E-state index contributed by atoms with van der Waals surface area (Å²) in [6.45, 7) is 3.53. The Balaban J connectivity index is 2.19. The maximum absolute atomic E-state index is 14.4. The van der Waals surface area contributed by atoms with E-state index in [2.05, 4.69) is 0 Å². The highest BCUT2D eigenvalue weighted by Gasteiger charge is 2.67. The van der Waals surface area contributed by atoms with Crippen molar-refractivity contribution in [2.75, 3.05) is 0 Å². The number of halogens is 4. The van der Waals surface area contributed by atoms with Crippen LogP contribution in [-0.2, 0) is 5.92 Å². The smallest absolute Gasteiger partial charge is 0.199 e. The van der Waals surface area contributed by atoms with Crippen molar-refractivity contribution in [3.63, 3.8) is 0 Å². The highest BCUT2D eigenvalue weighted by molar-refractivity contribution is 5.42. The second-order valence-corrected chi connectivity index (χ2v) is 6.42. The molecule has 0 spiro atoms. The van der Waals surface area contributed by atoms with E-state index in [1.54, 1.807) is 19.1 Å². The maximum Gasteiger partial charge on any atom is 0.335 e. The molecule has 0 aliphatic heterocycles. The second-order valence-electron chi connectivity index (χ2n) is 6.42. The number of hydrogen-bond donors (Lipinski definition) is 0. The molecule has 0 N–H and O–H groups in total. The zero-order valence-corrected chi connectivity index (χ0v) is 11.6. The fourth-order valence-corrected chi connectivity index (χ4v) is 3.83. The molecule has 2 aliphatic carbocycles. The van der Waals surface area contributed by atoms with Crippen LogP contribution in [0.15, 0.2) is 18.2 Å². The molecule has 0 nitrogen and oxygen atoms in total. The van der Waals surface area contributed by atoms with E-state index < -0.39 is 29.2 Å². The first-order valence-corrected chi connectivity index (χ1v) is 7.11. The Morgan fingerprint density at radius 3 is 2.50 bits per heavy atom. The molecule has 4 heteroatoms. The van der Waals surface area contributed by atoms with Gasteiger partial charge in [0.15, 0.2) is 0 Å². The Bertz CT molecular complexity index is 535. The lowest BCUT2D eigenvalue weighted by Gasteiger charge is -2.47. The predicted molar refractivity (Wildman–Crippen MR) is 69.3 cm³/mol. The molecule has 0 radical (unpaired) electrons. The van der Waals surface area contributed by atoms with Crippen LogP contribution in [-0.4, -0.2) is 5.92 Å². The summed E-state index contributed by atoms with van der Waals surface area (Å²) in [6.07, 6.45) is 1.59. The third kappa shape index (κ3) is 1.73. The van der Waals surface area contributed by atoms with E-state index in [0.717, 1.165) is 6.42 Å². The summed E-state index contributed by atoms with van der Waals surface area (Å²) in [5, 5.41) is 0. The summed E-state index contributed by atoms with van der Waals surface area (Å²) in [6, 6.07) is 4.60. The van der Waals surface area contributed by atoms with Crippen LogP contribution in [0.5, 0.6) is 0 Å². The van der Waals surface area contributed by atoms with Crippen LogP contribution in [0.2, 0.25) is 0 Å².